The monoisotopic (exact) mass is 324 g/mol. The molecular weight excluding hydrogens is 300 g/mol. The van der Waals surface area contributed by atoms with Crippen LogP contribution in [0.15, 0.2) is 24.3 Å². The molecule has 0 saturated carbocycles. The Kier molecular flexibility index (Phi) is 5.58. The fourth-order valence-corrected chi connectivity index (χ4v) is 4.27. The smallest absolute Gasteiger partial charge is 0.218 e. The molecule has 0 aromatic heterocycles. The molecule has 1 heterocycles. The predicted molar refractivity (Wildman–Crippen MR) is 86.6 cm³/mol. The fraction of sp³-hybridized carbons (Fsp3) is 0.562. The molecule has 122 valence electrons. The van der Waals surface area contributed by atoms with Crippen molar-refractivity contribution in [3.63, 3.8) is 0 Å². The second-order valence-electron chi connectivity index (χ2n) is 6.02. The third kappa shape index (κ3) is 4.55. The molecule has 1 aliphatic heterocycles. The number of carbonyl (C=O) groups is 1. The van der Waals surface area contributed by atoms with Gasteiger partial charge in [-0.1, -0.05) is 31.2 Å². The highest BCUT2D eigenvalue weighted by Gasteiger charge is 2.27. The van der Waals surface area contributed by atoms with E-state index >= 15 is 0 Å². The summed E-state index contributed by atoms with van der Waals surface area (Å²) in [4.78, 5) is 11.1. The van der Waals surface area contributed by atoms with Crippen LogP contribution in [0.1, 0.15) is 37.8 Å². The molecule has 6 heteroatoms. The van der Waals surface area contributed by atoms with Gasteiger partial charge in [-0.2, -0.15) is 0 Å². The van der Waals surface area contributed by atoms with Crippen molar-refractivity contribution in [3.8, 4) is 0 Å². The van der Waals surface area contributed by atoms with Gasteiger partial charge in [0.05, 0.1) is 5.75 Å². The van der Waals surface area contributed by atoms with Crippen molar-refractivity contribution in [2.45, 2.75) is 39.0 Å². The molecule has 2 rings (SSSR count). The lowest BCUT2D eigenvalue weighted by atomic mass is 10.0. The third-order valence-electron chi connectivity index (χ3n) is 4.12. The van der Waals surface area contributed by atoms with E-state index in [0.29, 0.717) is 25.6 Å². The third-order valence-corrected chi connectivity index (χ3v) is 5.95. The van der Waals surface area contributed by atoms with Crippen molar-refractivity contribution in [3.05, 3.63) is 35.4 Å². The van der Waals surface area contributed by atoms with Gasteiger partial charge >= 0.3 is 0 Å². The van der Waals surface area contributed by atoms with E-state index in [1.807, 2.05) is 24.3 Å². The van der Waals surface area contributed by atoms with Crippen LogP contribution < -0.4 is 5.32 Å². The van der Waals surface area contributed by atoms with Gasteiger partial charge in [-0.15, -0.1) is 0 Å². The van der Waals surface area contributed by atoms with Crippen molar-refractivity contribution >= 4 is 15.9 Å². The molecule has 0 aliphatic carbocycles. The Morgan fingerprint density at radius 3 is 2.41 bits per heavy atom. The normalized spacial score (nSPS) is 17.4. The number of nitrogens with one attached hydrogen (secondary N) is 1. The van der Waals surface area contributed by atoms with E-state index in [2.05, 4.69) is 12.2 Å². The van der Waals surface area contributed by atoms with Gasteiger partial charge in [0.25, 0.3) is 0 Å². The van der Waals surface area contributed by atoms with Crippen molar-refractivity contribution < 1.29 is 13.2 Å². The molecule has 1 saturated heterocycles. The van der Waals surface area contributed by atoms with Crippen molar-refractivity contribution in [1.29, 1.82) is 0 Å². The number of hydrogen-bond donors (Lipinski definition) is 1. The zero-order valence-electron chi connectivity index (χ0n) is 13.2. The molecular formula is C16H24N2O3S. The molecule has 5 nitrogen and oxygen atoms in total. The maximum atomic E-state index is 12.6. The lowest BCUT2D eigenvalue weighted by Gasteiger charge is -2.29. The number of sulfonamides is 1. The summed E-state index contributed by atoms with van der Waals surface area (Å²) >= 11 is 0. The SMILES string of the molecule is CC(=O)NCc1ccccc1CS(=O)(=O)N1CCC(C)CC1. The lowest BCUT2D eigenvalue weighted by molar-refractivity contribution is -0.119. The van der Waals surface area contributed by atoms with Gasteiger partial charge in [-0.3, -0.25) is 4.79 Å². The van der Waals surface area contributed by atoms with Crippen LogP contribution >= 0.6 is 0 Å². The van der Waals surface area contributed by atoms with Crippen molar-refractivity contribution in [2.24, 2.45) is 5.92 Å². The minimum absolute atomic E-state index is 0.00284. The summed E-state index contributed by atoms with van der Waals surface area (Å²) in [6.45, 7) is 5.19. The van der Waals surface area contributed by atoms with Gasteiger partial charge in [0.2, 0.25) is 15.9 Å². The molecule has 0 spiro atoms. The van der Waals surface area contributed by atoms with Crippen LogP contribution in [0.25, 0.3) is 0 Å². The molecule has 1 fully saturated rings. The van der Waals surface area contributed by atoms with Gasteiger partial charge < -0.3 is 5.32 Å². The first-order valence-corrected chi connectivity index (χ1v) is 9.28. The van der Waals surface area contributed by atoms with Gasteiger partial charge in [0.15, 0.2) is 0 Å². The zero-order chi connectivity index (χ0) is 16.2. The maximum Gasteiger partial charge on any atom is 0.218 e. The topological polar surface area (TPSA) is 66.5 Å². The number of amides is 1. The molecule has 1 N–H and O–H groups in total. The number of piperidine rings is 1. The highest BCUT2D eigenvalue weighted by Crippen LogP contribution is 2.22. The van der Waals surface area contributed by atoms with E-state index in [1.165, 1.54) is 6.92 Å². The van der Waals surface area contributed by atoms with Crippen LogP contribution in [0.4, 0.5) is 0 Å². The summed E-state index contributed by atoms with van der Waals surface area (Å²) in [5.41, 5.74) is 1.61. The Hall–Kier alpha value is -1.40. The van der Waals surface area contributed by atoms with Crippen LogP contribution in [0.3, 0.4) is 0 Å². The first kappa shape index (κ1) is 17.0. The van der Waals surface area contributed by atoms with E-state index in [9.17, 15) is 13.2 Å². The second kappa shape index (κ2) is 7.24. The number of carbonyl (C=O) groups excluding carboxylic acids is 1. The Labute approximate surface area is 132 Å². The molecule has 1 aromatic rings. The number of benzene rings is 1. The molecule has 22 heavy (non-hydrogen) atoms. The standard InChI is InChI=1S/C16H24N2O3S/c1-13-7-9-18(10-8-13)22(20,21)12-16-6-4-3-5-15(16)11-17-14(2)19/h3-6,13H,7-12H2,1-2H3,(H,17,19). The van der Waals surface area contributed by atoms with Crippen LogP contribution in [0.5, 0.6) is 0 Å². The lowest BCUT2D eigenvalue weighted by Crippen LogP contribution is -2.38. The highest BCUT2D eigenvalue weighted by atomic mass is 32.2. The minimum Gasteiger partial charge on any atom is -0.352 e. The van der Waals surface area contributed by atoms with Crippen molar-refractivity contribution in [2.75, 3.05) is 13.1 Å². The van der Waals surface area contributed by atoms with Gasteiger partial charge in [0, 0.05) is 26.6 Å². The van der Waals surface area contributed by atoms with E-state index < -0.39 is 10.0 Å². The zero-order valence-corrected chi connectivity index (χ0v) is 14.0. The average molecular weight is 324 g/mol. The minimum atomic E-state index is -3.30. The van der Waals surface area contributed by atoms with Crippen LogP contribution in [-0.4, -0.2) is 31.7 Å². The molecule has 1 aliphatic rings. The summed E-state index contributed by atoms with van der Waals surface area (Å²) in [5.74, 6) is 0.470. The summed E-state index contributed by atoms with van der Waals surface area (Å²) < 4.78 is 26.8. The van der Waals surface area contributed by atoms with Crippen molar-refractivity contribution in [1.82, 2.24) is 9.62 Å². The number of nitrogens with zero attached hydrogens (tertiary/aromatic N) is 1. The molecule has 1 amide bonds. The molecule has 0 unspecified atom stereocenters. The predicted octanol–water partition coefficient (Wildman–Crippen LogP) is 1.88. The fourth-order valence-electron chi connectivity index (χ4n) is 2.64. The average Bonchev–Trinajstić information content (AvgIpc) is 2.46. The molecule has 0 atom stereocenters. The Bertz CT molecular complexity index is 620. The van der Waals surface area contributed by atoms with Crippen LogP contribution in [0, 0.1) is 5.92 Å². The quantitative estimate of drug-likeness (QED) is 0.899. The summed E-state index contributed by atoms with van der Waals surface area (Å²) in [6, 6.07) is 7.37. The molecule has 0 radical (unpaired) electrons. The Morgan fingerprint density at radius 1 is 1.23 bits per heavy atom. The Balaban J connectivity index is 2.10. The summed E-state index contributed by atoms with van der Waals surface area (Å²) in [5, 5.41) is 2.73. The van der Waals surface area contributed by atoms with Gasteiger partial charge in [-0.05, 0) is 29.9 Å². The van der Waals surface area contributed by atoms with Gasteiger partial charge in [-0.25, -0.2) is 12.7 Å². The summed E-state index contributed by atoms with van der Waals surface area (Å²) in [7, 11) is -3.30. The van der Waals surface area contributed by atoms with E-state index in [1.54, 1.807) is 4.31 Å². The summed E-state index contributed by atoms with van der Waals surface area (Å²) in [6.07, 6.45) is 1.85. The molecule has 0 bridgehead atoms. The second-order valence-corrected chi connectivity index (χ2v) is 7.99. The molecule has 1 aromatic carbocycles. The van der Waals surface area contributed by atoms with Crippen LogP contribution in [-0.2, 0) is 27.1 Å². The first-order chi connectivity index (χ1) is 10.4. The highest BCUT2D eigenvalue weighted by molar-refractivity contribution is 7.88. The van der Waals surface area contributed by atoms with Crippen LogP contribution in [0.2, 0.25) is 0 Å². The first-order valence-electron chi connectivity index (χ1n) is 7.67. The van der Waals surface area contributed by atoms with E-state index in [4.69, 9.17) is 0 Å². The van der Waals surface area contributed by atoms with E-state index in [0.717, 1.165) is 24.0 Å². The largest absolute Gasteiger partial charge is 0.352 e. The number of rotatable bonds is 5. The van der Waals surface area contributed by atoms with Gasteiger partial charge in [0.1, 0.15) is 0 Å². The van der Waals surface area contributed by atoms with E-state index in [-0.39, 0.29) is 11.7 Å². The maximum absolute atomic E-state index is 12.6. The number of hydrogen-bond acceptors (Lipinski definition) is 3. The Morgan fingerprint density at radius 2 is 1.82 bits per heavy atom.